The van der Waals surface area contributed by atoms with Gasteiger partial charge in [-0.1, -0.05) is 52.1 Å². The first-order valence-electron chi connectivity index (χ1n) is 6.58. The maximum Gasteiger partial charge on any atom is -0.00284 e. The summed E-state index contributed by atoms with van der Waals surface area (Å²) in [6, 6.07) is 11.4. The van der Waals surface area contributed by atoms with E-state index in [0.717, 1.165) is 11.6 Å². The molecule has 2 saturated heterocycles. The largest absolute Gasteiger partial charge is 0.0655 e. The number of hydrogen-bond acceptors (Lipinski definition) is 0. The molecule has 2 aliphatic rings. The molecule has 86 valence electrons. The molecule has 3 rings (SSSR count). The van der Waals surface area contributed by atoms with Crippen LogP contribution in [0.3, 0.4) is 0 Å². The maximum atomic E-state index is 2.45. The van der Waals surface area contributed by atoms with Crippen molar-refractivity contribution in [1.29, 1.82) is 0 Å². The fourth-order valence-corrected chi connectivity index (χ4v) is 8.10. The zero-order valence-corrected chi connectivity index (χ0v) is 11.2. The first-order valence-corrected chi connectivity index (χ1v) is 7.99. The van der Waals surface area contributed by atoms with Crippen LogP contribution in [0.25, 0.3) is 0 Å². The molecule has 1 atom stereocenters. The third-order valence-corrected chi connectivity index (χ3v) is 8.80. The molecule has 2 fully saturated rings. The summed E-state index contributed by atoms with van der Waals surface area (Å²) in [6.45, 7) is 4.90. The summed E-state index contributed by atoms with van der Waals surface area (Å²) >= 11 is 0. The first kappa shape index (κ1) is 10.8. The van der Waals surface area contributed by atoms with Crippen molar-refractivity contribution in [2.24, 2.45) is 5.92 Å². The molecule has 1 aromatic carbocycles. The van der Waals surface area contributed by atoms with E-state index in [1.807, 2.05) is 0 Å². The second kappa shape index (κ2) is 3.84. The van der Waals surface area contributed by atoms with Crippen LogP contribution in [0.5, 0.6) is 0 Å². The van der Waals surface area contributed by atoms with Crippen LogP contribution >= 0.6 is 7.92 Å². The average molecular weight is 232 g/mol. The normalized spacial score (nSPS) is 37.2. The quantitative estimate of drug-likeness (QED) is 0.672. The Labute approximate surface area is 100 Å². The Bertz CT molecular complexity index is 360. The number of benzene rings is 1. The third-order valence-electron chi connectivity index (χ3n) is 4.77. The molecule has 1 unspecified atom stereocenters. The van der Waals surface area contributed by atoms with Gasteiger partial charge in [0.05, 0.1) is 0 Å². The molecule has 0 N–H and O–H groups in total. The summed E-state index contributed by atoms with van der Waals surface area (Å²) in [4.78, 5) is 0. The van der Waals surface area contributed by atoms with Crippen LogP contribution in [0.2, 0.25) is 0 Å². The number of fused-ring (bicyclic) bond motifs is 2. The summed E-state index contributed by atoms with van der Waals surface area (Å²) in [5.41, 5.74) is 1.04. The van der Waals surface area contributed by atoms with Crippen molar-refractivity contribution in [1.82, 2.24) is 0 Å². The lowest BCUT2D eigenvalue weighted by Crippen LogP contribution is -2.30. The highest BCUT2D eigenvalue weighted by atomic mass is 31.1. The highest BCUT2D eigenvalue weighted by Crippen LogP contribution is 2.72. The Balaban J connectivity index is 2.01. The summed E-state index contributed by atoms with van der Waals surface area (Å²) in [7, 11) is 0.125. The molecule has 0 nitrogen and oxygen atoms in total. The van der Waals surface area contributed by atoms with Crippen molar-refractivity contribution in [2.45, 2.75) is 50.3 Å². The first-order chi connectivity index (χ1) is 7.74. The van der Waals surface area contributed by atoms with Gasteiger partial charge in [-0.25, -0.2) is 0 Å². The lowest BCUT2D eigenvalue weighted by Gasteiger charge is -2.36. The molecule has 0 amide bonds. The van der Waals surface area contributed by atoms with Gasteiger partial charge < -0.3 is 0 Å². The molecule has 2 bridgehead atoms. The Morgan fingerprint density at radius 3 is 2.31 bits per heavy atom. The molecule has 0 aliphatic carbocycles. The van der Waals surface area contributed by atoms with Crippen LogP contribution in [0.4, 0.5) is 0 Å². The van der Waals surface area contributed by atoms with Gasteiger partial charge in [-0.05, 0) is 47.7 Å². The fourth-order valence-electron chi connectivity index (χ4n) is 3.88. The highest BCUT2D eigenvalue weighted by Gasteiger charge is 2.54. The zero-order valence-electron chi connectivity index (χ0n) is 10.3. The van der Waals surface area contributed by atoms with Crippen molar-refractivity contribution < 1.29 is 0 Å². The second-order valence-corrected chi connectivity index (χ2v) is 8.57. The van der Waals surface area contributed by atoms with E-state index in [-0.39, 0.29) is 7.92 Å². The maximum absolute atomic E-state index is 2.45. The molecule has 16 heavy (non-hydrogen) atoms. The van der Waals surface area contributed by atoms with Crippen molar-refractivity contribution in [3.05, 3.63) is 30.3 Å². The lowest BCUT2D eigenvalue weighted by atomic mass is 9.81. The van der Waals surface area contributed by atoms with Crippen molar-refractivity contribution in [2.75, 3.05) is 0 Å². The van der Waals surface area contributed by atoms with Gasteiger partial charge in [0, 0.05) is 0 Å². The van der Waals surface area contributed by atoms with E-state index in [0.29, 0.717) is 5.16 Å². The van der Waals surface area contributed by atoms with Gasteiger partial charge in [-0.15, -0.1) is 0 Å². The average Bonchev–Trinajstić information content (AvgIpc) is 2.86. The summed E-state index contributed by atoms with van der Waals surface area (Å²) in [5, 5.41) is 2.37. The topological polar surface area (TPSA) is 0 Å². The smallest absolute Gasteiger partial charge is 0.00284 e. The summed E-state index contributed by atoms with van der Waals surface area (Å²) in [5.74, 6) is 0.867. The highest BCUT2D eigenvalue weighted by molar-refractivity contribution is 7.68. The van der Waals surface area contributed by atoms with E-state index >= 15 is 0 Å². The molecular formula is C15H21P. The molecular weight excluding hydrogens is 211 g/mol. The minimum atomic E-state index is 0.125. The van der Waals surface area contributed by atoms with E-state index < -0.39 is 0 Å². The van der Waals surface area contributed by atoms with Gasteiger partial charge in [-0.2, -0.15) is 0 Å². The number of hydrogen-bond donors (Lipinski definition) is 0. The Hall–Kier alpha value is -0.350. The summed E-state index contributed by atoms with van der Waals surface area (Å²) in [6.07, 6.45) is 5.99. The molecule has 1 aromatic rings. The second-order valence-electron chi connectivity index (χ2n) is 5.70. The predicted molar refractivity (Wildman–Crippen MR) is 72.8 cm³/mol. The van der Waals surface area contributed by atoms with E-state index in [1.54, 1.807) is 5.30 Å². The van der Waals surface area contributed by atoms with Crippen molar-refractivity contribution >= 4 is 13.2 Å². The molecule has 1 heteroatoms. The zero-order chi connectivity index (χ0) is 11.2. The molecule has 2 aliphatic heterocycles. The van der Waals surface area contributed by atoms with Crippen molar-refractivity contribution in [3.63, 3.8) is 0 Å². The minimum absolute atomic E-state index is 0.125. The minimum Gasteiger partial charge on any atom is -0.0655 e. The fraction of sp³-hybridized carbons (Fsp3) is 0.600. The van der Waals surface area contributed by atoms with Crippen LogP contribution in [0.1, 0.15) is 39.5 Å². The van der Waals surface area contributed by atoms with Crippen LogP contribution in [0.15, 0.2) is 30.3 Å². The van der Waals surface area contributed by atoms with Crippen LogP contribution < -0.4 is 5.30 Å². The lowest BCUT2D eigenvalue weighted by molar-refractivity contribution is 0.357. The molecule has 0 aromatic heterocycles. The van der Waals surface area contributed by atoms with Gasteiger partial charge in [0.15, 0.2) is 0 Å². The Morgan fingerprint density at radius 2 is 1.75 bits per heavy atom. The van der Waals surface area contributed by atoms with Crippen LogP contribution in [-0.4, -0.2) is 10.8 Å². The van der Waals surface area contributed by atoms with Crippen LogP contribution in [-0.2, 0) is 0 Å². The van der Waals surface area contributed by atoms with Gasteiger partial charge in [-0.3, -0.25) is 0 Å². The Kier molecular flexibility index (Phi) is 2.59. The van der Waals surface area contributed by atoms with E-state index in [9.17, 15) is 0 Å². The van der Waals surface area contributed by atoms with Gasteiger partial charge in [0.25, 0.3) is 0 Å². The molecule has 0 saturated carbocycles. The predicted octanol–water partition coefficient (Wildman–Crippen LogP) is 4.14. The van der Waals surface area contributed by atoms with E-state index in [4.69, 9.17) is 0 Å². The molecule has 2 heterocycles. The molecule has 0 radical (unpaired) electrons. The Morgan fingerprint density at radius 1 is 1.12 bits per heavy atom. The van der Waals surface area contributed by atoms with Gasteiger partial charge >= 0.3 is 0 Å². The SMILES string of the molecule is CC(C)C12CCC(CC1)P2c1ccccc1. The van der Waals surface area contributed by atoms with Gasteiger partial charge in [0.2, 0.25) is 0 Å². The number of rotatable bonds is 2. The summed E-state index contributed by atoms with van der Waals surface area (Å²) < 4.78 is 0. The monoisotopic (exact) mass is 232 g/mol. The van der Waals surface area contributed by atoms with E-state index in [1.165, 1.54) is 25.7 Å². The molecule has 0 spiro atoms. The van der Waals surface area contributed by atoms with E-state index in [2.05, 4.69) is 44.2 Å². The van der Waals surface area contributed by atoms with Crippen molar-refractivity contribution in [3.8, 4) is 0 Å². The van der Waals surface area contributed by atoms with Gasteiger partial charge in [0.1, 0.15) is 0 Å². The standard InChI is InChI=1S/C15H21P/c1-12(2)15-10-8-14(9-11-15)16(15)13-6-4-3-5-7-13/h3-7,12,14H,8-11H2,1-2H3. The third kappa shape index (κ3) is 1.39. The van der Waals surface area contributed by atoms with Crippen LogP contribution in [0, 0.1) is 5.92 Å².